The van der Waals surface area contributed by atoms with Crippen molar-refractivity contribution < 1.29 is 13.2 Å². The minimum atomic E-state index is -4.40. The maximum Gasteiger partial charge on any atom is 0.417 e. The van der Waals surface area contributed by atoms with Crippen LogP contribution in [0.1, 0.15) is 16.8 Å². The summed E-state index contributed by atoms with van der Waals surface area (Å²) in [6.07, 6.45) is -0.250. The summed E-state index contributed by atoms with van der Waals surface area (Å²) in [7, 11) is 0. The molecule has 3 aromatic heterocycles. The van der Waals surface area contributed by atoms with Crippen LogP contribution < -0.4 is 0 Å². The number of nitrogens with zero attached hydrogens (tertiary/aromatic N) is 4. The molecule has 3 aromatic rings. The lowest BCUT2D eigenvalue weighted by molar-refractivity contribution is -0.137. The summed E-state index contributed by atoms with van der Waals surface area (Å²) < 4.78 is 37.9. The minimum absolute atomic E-state index is 0.436. The van der Waals surface area contributed by atoms with Crippen LogP contribution in [0.5, 0.6) is 0 Å². The van der Waals surface area contributed by atoms with Crippen molar-refractivity contribution in [2.24, 2.45) is 0 Å². The SMILES string of the molecule is Cc1nc(-c2cccnc2)nc(Sc2ccc(C(F)(F)F)cn2)c1C. The van der Waals surface area contributed by atoms with Crippen LogP contribution in [0, 0.1) is 13.8 Å². The van der Waals surface area contributed by atoms with Gasteiger partial charge in [0.15, 0.2) is 5.82 Å². The molecular weight excluding hydrogens is 349 g/mol. The topological polar surface area (TPSA) is 51.6 Å². The first-order chi connectivity index (χ1) is 11.8. The maximum absolute atomic E-state index is 12.6. The highest BCUT2D eigenvalue weighted by atomic mass is 32.2. The van der Waals surface area contributed by atoms with Gasteiger partial charge in [0.05, 0.1) is 5.56 Å². The molecule has 0 aliphatic heterocycles. The molecule has 0 N–H and O–H groups in total. The molecule has 0 saturated carbocycles. The summed E-state index contributed by atoms with van der Waals surface area (Å²) in [5, 5.41) is 1.09. The van der Waals surface area contributed by atoms with Gasteiger partial charge >= 0.3 is 6.18 Å². The number of aryl methyl sites for hydroxylation is 1. The van der Waals surface area contributed by atoms with E-state index in [1.807, 2.05) is 19.9 Å². The van der Waals surface area contributed by atoms with Gasteiger partial charge in [-0.2, -0.15) is 13.2 Å². The number of aromatic nitrogens is 4. The lowest BCUT2D eigenvalue weighted by Crippen LogP contribution is -2.05. The van der Waals surface area contributed by atoms with E-state index in [-0.39, 0.29) is 0 Å². The largest absolute Gasteiger partial charge is 0.417 e. The van der Waals surface area contributed by atoms with Gasteiger partial charge in [-0.05, 0) is 49.9 Å². The Balaban J connectivity index is 1.93. The average Bonchev–Trinajstić information content (AvgIpc) is 2.59. The van der Waals surface area contributed by atoms with Gasteiger partial charge in [-0.25, -0.2) is 15.0 Å². The van der Waals surface area contributed by atoms with Gasteiger partial charge in [-0.1, -0.05) is 0 Å². The highest BCUT2D eigenvalue weighted by molar-refractivity contribution is 7.99. The van der Waals surface area contributed by atoms with Crippen molar-refractivity contribution in [2.75, 3.05) is 0 Å². The van der Waals surface area contributed by atoms with Gasteiger partial charge in [-0.3, -0.25) is 4.98 Å². The molecule has 0 atom stereocenters. The molecule has 128 valence electrons. The predicted octanol–water partition coefficient (Wildman–Crippen LogP) is 4.72. The summed E-state index contributed by atoms with van der Waals surface area (Å²) in [6.45, 7) is 3.73. The fourth-order valence-corrected chi connectivity index (χ4v) is 2.91. The van der Waals surface area contributed by atoms with Crippen molar-refractivity contribution in [3.05, 3.63) is 59.7 Å². The van der Waals surface area contributed by atoms with Crippen LogP contribution in [0.25, 0.3) is 11.4 Å². The van der Waals surface area contributed by atoms with Gasteiger partial charge in [0.2, 0.25) is 0 Å². The van der Waals surface area contributed by atoms with Crippen molar-refractivity contribution in [1.29, 1.82) is 0 Å². The number of rotatable bonds is 3. The quantitative estimate of drug-likeness (QED) is 0.631. The fourth-order valence-electron chi connectivity index (χ4n) is 2.03. The van der Waals surface area contributed by atoms with Crippen LogP contribution in [0.15, 0.2) is 52.9 Å². The zero-order chi connectivity index (χ0) is 18.0. The van der Waals surface area contributed by atoms with Crippen molar-refractivity contribution in [1.82, 2.24) is 19.9 Å². The molecule has 0 spiro atoms. The van der Waals surface area contributed by atoms with E-state index >= 15 is 0 Å². The van der Waals surface area contributed by atoms with E-state index in [0.717, 1.165) is 29.1 Å². The van der Waals surface area contributed by atoms with Crippen molar-refractivity contribution in [3.8, 4) is 11.4 Å². The molecule has 25 heavy (non-hydrogen) atoms. The monoisotopic (exact) mass is 362 g/mol. The van der Waals surface area contributed by atoms with E-state index in [4.69, 9.17) is 0 Å². The second-order valence-corrected chi connectivity index (χ2v) is 6.30. The normalized spacial score (nSPS) is 11.6. The van der Waals surface area contributed by atoms with Crippen molar-refractivity contribution in [3.63, 3.8) is 0 Å². The summed E-state index contributed by atoms with van der Waals surface area (Å²) >= 11 is 1.21. The summed E-state index contributed by atoms with van der Waals surface area (Å²) in [6, 6.07) is 5.99. The van der Waals surface area contributed by atoms with Crippen molar-refractivity contribution >= 4 is 11.8 Å². The molecule has 3 heterocycles. The first-order valence-corrected chi connectivity index (χ1v) is 8.13. The summed E-state index contributed by atoms with van der Waals surface area (Å²) in [4.78, 5) is 16.9. The molecule has 0 bridgehead atoms. The van der Waals surface area contributed by atoms with Crippen molar-refractivity contribution in [2.45, 2.75) is 30.1 Å². The third kappa shape index (κ3) is 3.96. The number of hydrogen-bond acceptors (Lipinski definition) is 5. The molecule has 0 saturated heterocycles. The standard InChI is InChI=1S/C17H13F3N4S/c1-10-11(2)23-15(12-4-3-7-21-8-12)24-16(10)25-14-6-5-13(9-22-14)17(18,19)20/h3-9H,1-2H3. The van der Waals surface area contributed by atoms with E-state index in [1.165, 1.54) is 17.8 Å². The Hall–Kier alpha value is -2.48. The first-order valence-electron chi connectivity index (χ1n) is 7.31. The Morgan fingerprint density at radius 1 is 1.00 bits per heavy atom. The Labute approximate surface area is 146 Å². The predicted molar refractivity (Wildman–Crippen MR) is 88.1 cm³/mol. The highest BCUT2D eigenvalue weighted by Crippen LogP contribution is 2.33. The van der Waals surface area contributed by atoms with Gasteiger partial charge in [0.1, 0.15) is 10.1 Å². The molecular formula is C17H13F3N4S. The molecule has 0 aromatic carbocycles. The smallest absolute Gasteiger partial charge is 0.264 e. The molecule has 0 amide bonds. The molecule has 0 fully saturated rings. The minimum Gasteiger partial charge on any atom is -0.264 e. The molecule has 0 unspecified atom stereocenters. The fraction of sp³-hybridized carbons (Fsp3) is 0.176. The lowest BCUT2D eigenvalue weighted by Gasteiger charge is -2.10. The molecule has 8 heteroatoms. The van der Waals surface area contributed by atoms with E-state index in [1.54, 1.807) is 18.5 Å². The van der Waals surface area contributed by atoms with Gasteiger partial charge in [-0.15, -0.1) is 0 Å². The van der Waals surface area contributed by atoms with Crippen LogP contribution in [0.3, 0.4) is 0 Å². The van der Waals surface area contributed by atoms with Gasteiger partial charge < -0.3 is 0 Å². The number of alkyl halides is 3. The highest BCUT2D eigenvalue weighted by Gasteiger charge is 2.30. The lowest BCUT2D eigenvalue weighted by atomic mass is 10.2. The van der Waals surface area contributed by atoms with Gasteiger partial charge in [0, 0.05) is 35.4 Å². The molecule has 4 nitrogen and oxygen atoms in total. The number of pyridine rings is 2. The Bertz CT molecular complexity index is 881. The Morgan fingerprint density at radius 3 is 2.40 bits per heavy atom. The average molecular weight is 362 g/mol. The molecule has 0 radical (unpaired) electrons. The zero-order valence-electron chi connectivity index (χ0n) is 13.4. The third-order valence-corrected chi connectivity index (χ3v) is 4.57. The molecule has 3 rings (SSSR count). The van der Waals surface area contributed by atoms with Crippen LogP contribution in [-0.2, 0) is 6.18 Å². The Morgan fingerprint density at radius 2 is 1.80 bits per heavy atom. The van der Waals surface area contributed by atoms with E-state index in [9.17, 15) is 13.2 Å². The van der Waals surface area contributed by atoms with Crippen LogP contribution in [0.2, 0.25) is 0 Å². The van der Waals surface area contributed by atoms with E-state index in [2.05, 4.69) is 19.9 Å². The summed E-state index contributed by atoms with van der Waals surface area (Å²) in [5.41, 5.74) is 1.65. The summed E-state index contributed by atoms with van der Waals surface area (Å²) in [5.74, 6) is 0.519. The van der Waals surface area contributed by atoms with Crippen LogP contribution in [0.4, 0.5) is 13.2 Å². The van der Waals surface area contributed by atoms with Crippen LogP contribution >= 0.6 is 11.8 Å². The third-order valence-electron chi connectivity index (χ3n) is 3.53. The van der Waals surface area contributed by atoms with E-state index < -0.39 is 11.7 Å². The van der Waals surface area contributed by atoms with E-state index in [0.29, 0.717) is 15.9 Å². The first kappa shape index (κ1) is 17.3. The second-order valence-electron chi connectivity index (χ2n) is 5.29. The van der Waals surface area contributed by atoms with Crippen LogP contribution in [-0.4, -0.2) is 19.9 Å². The van der Waals surface area contributed by atoms with Gasteiger partial charge in [0.25, 0.3) is 0 Å². The number of halogens is 3. The second kappa shape index (κ2) is 6.79. The zero-order valence-corrected chi connectivity index (χ0v) is 14.2. The molecule has 0 aliphatic carbocycles. The Kier molecular flexibility index (Phi) is 4.71. The molecule has 0 aliphatic rings. The maximum atomic E-state index is 12.6. The number of hydrogen-bond donors (Lipinski definition) is 0.